The summed E-state index contributed by atoms with van der Waals surface area (Å²) in [5.41, 5.74) is -0.316. The van der Waals surface area contributed by atoms with Crippen LogP contribution in [-0.2, 0) is 4.79 Å². The predicted octanol–water partition coefficient (Wildman–Crippen LogP) is 2.37. The maximum Gasteiger partial charge on any atom is 0.315 e. The summed E-state index contributed by atoms with van der Waals surface area (Å²) in [5, 5.41) is 20.4. The number of carbonyl (C=O) groups is 2. The van der Waals surface area contributed by atoms with Gasteiger partial charge in [-0.15, -0.1) is 6.42 Å². The van der Waals surface area contributed by atoms with Crippen LogP contribution in [0.5, 0.6) is 11.5 Å². The van der Waals surface area contributed by atoms with Crippen molar-refractivity contribution in [1.29, 1.82) is 0 Å². The van der Waals surface area contributed by atoms with Gasteiger partial charge in [-0.2, -0.15) is 0 Å². The number of thioether (sulfide) groups is 1. The minimum atomic E-state index is -0.765. The zero-order valence-electron chi connectivity index (χ0n) is 12.5. The lowest BCUT2D eigenvalue weighted by molar-refractivity contribution is -0.386. The lowest BCUT2D eigenvalue weighted by atomic mass is 10.1. The second-order valence-corrected chi connectivity index (χ2v) is 5.54. The highest BCUT2D eigenvalue weighted by Gasteiger charge is 2.34. The Morgan fingerprint density at radius 2 is 2.21 bits per heavy atom. The number of phenols is 1. The van der Waals surface area contributed by atoms with Crippen molar-refractivity contribution in [3.8, 4) is 23.8 Å². The molecule has 0 unspecified atom stereocenters. The summed E-state index contributed by atoms with van der Waals surface area (Å²) in [6.45, 7) is 1.69. The first-order valence-corrected chi connectivity index (χ1v) is 7.53. The van der Waals surface area contributed by atoms with E-state index in [4.69, 9.17) is 11.2 Å². The number of aromatic hydroxyl groups is 1. The lowest BCUT2D eigenvalue weighted by Crippen LogP contribution is -2.28. The van der Waals surface area contributed by atoms with Crippen molar-refractivity contribution in [2.75, 3.05) is 13.2 Å². The van der Waals surface area contributed by atoms with Gasteiger partial charge in [0.25, 0.3) is 11.1 Å². The third-order valence-corrected chi connectivity index (χ3v) is 3.90. The molecule has 0 spiro atoms. The summed E-state index contributed by atoms with van der Waals surface area (Å²) in [6.07, 6.45) is 6.43. The van der Waals surface area contributed by atoms with Crippen molar-refractivity contribution in [1.82, 2.24) is 4.90 Å². The van der Waals surface area contributed by atoms with E-state index in [1.54, 1.807) is 6.92 Å². The number of nitro groups is 1. The van der Waals surface area contributed by atoms with Crippen LogP contribution in [0.25, 0.3) is 6.08 Å². The van der Waals surface area contributed by atoms with Gasteiger partial charge in [-0.05, 0) is 36.4 Å². The molecule has 2 rings (SSSR count). The normalized spacial score (nSPS) is 15.7. The first-order chi connectivity index (χ1) is 11.4. The molecule has 8 nitrogen and oxygen atoms in total. The quantitative estimate of drug-likeness (QED) is 0.376. The Hall–Kier alpha value is -2.99. The predicted molar refractivity (Wildman–Crippen MR) is 87.4 cm³/mol. The van der Waals surface area contributed by atoms with E-state index in [2.05, 4.69) is 5.92 Å². The van der Waals surface area contributed by atoms with Crippen molar-refractivity contribution in [3.05, 3.63) is 32.7 Å². The van der Waals surface area contributed by atoms with Crippen LogP contribution in [-0.4, -0.2) is 39.2 Å². The van der Waals surface area contributed by atoms with Gasteiger partial charge in [0.1, 0.15) is 0 Å². The van der Waals surface area contributed by atoms with Crippen LogP contribution in [0.2, 0.25) is 0 Å². The van der Waals surface area contributed by atoms with Gasteiger partial charge in [0.05, 0.1) is 23.0 Å². The number of hydrogen-bond acceptors (Lipinski definition) is 7. The fourth-order valence-corrected chi connectivity index (χ4v) is 2.82. The molecule has 124 valence electrons. The van der Waals surface area contributed by atoms with Crippen LogP contribution >= 0.6 is 11.8 Å². The largest absolute Gasteiger partial charge is 0.500 e. The molecule has 1 aliphatic heterocycles. The molecule has 0 bridgehead atoms. The number of nitro benzene ring substituents is 1. The summed E-state index contributed by atoms with van der Waals surface area (Å²) in [4.78, 5) is 35.1. The van der Waals surface area contributed by atoms with Crippen molar-refractivity contribution < 1.29 is 24.4 Å². The van der Waals surface area contributed by atoms with Gasteiger partial charge in [-0.1, -0.05) is 5.92 Å². The van der Waals surface area contributed by atoms with E-state index in [-0.39, 0.29) is 29.4 Å². The number of ether oxygens (including phenoxy) is 1. The molecule has 1 saturated heterocycles. The van der Waals surface area contributed by atoms with E-state index in [0.29, 0.717) is 11.8 Å². The average molecular weight is 348 g/mol. The number of nitrogens with zero attached hydrogens (tertiary/aromatic N) is 2. The Labute approximate surface area is 141 Å². The highest BCUT2D eigenvalue weighted by atomic mass is 32.2. The van der Waals surface area contributed by atoms with Crippen LogP contribution in [0.1, 0.15) is 12.5 Å². The molecule has 0 saturated carbocycles. The maximum atomic E-state index is 12.1. The first kappa shape index (κ1) is 17.4. The molecule has 1 aliphatic rings. The van der Waals surface area contributed by atoms with Crippen LogP contribution in [0.15, 0.2) is 17.0 Å². The molecule has 2 amide bonds. The van der Waals surface area contributed by atoms with Crippen LogP contribution in [0.4, 0.5) is 10.5 Å². The standard InChI is InChI=1S/C15H12N2O6S/c1-3-5-16-14(19)12(24-15(16)20)8-9-6-10(17(21)22)13(18)11(7-9)23-4-2/h1,6-8,18H,4-5H2,2H3/b12-8+. The van der Waals surface area contributed by atoms with E-state index < -0.39 is 27.5 Å². The molecule has 9 heteroatoms. The lowest BCUT2D eigenvalue weighted by Gasteiger charge is -2.08. The van der Waals surface area contributed by atoms with Crippen LogP contribution in [0.3, 0.4) is 0 Å². The minimum absolute atomic E-state index is 0.0812. The average Bonchev–Trinajstić information content (AvgIpc) is 2.78. The molecular formula is C15H12N2O6S. The molecule has 24 heavy (non-hydrogen) atoms. The summed E-state index contributed by atoms with van der Waals surface area (Å²) in [5.74, 6) is 0.961. The van der Waals surface area contributed by atoms with E-state index in [9.17, 15) is 24.8 Å². The molecular weight excluding hydrogens is 336 g/mol. The Bertz CT molecular complexity index is 796. The number of imide groups is 1. The van der Waals surface area contributed by atoms with Gasteiger partial charge in [0.15, 0.2) is 5.75 Å². The number of carbonyl (C=O) groups excluding carboxylic acids is 2. The molecule has 1 aromatic carbocycles. The second kappa shape index (κ2) is 7.06. The number of benzene rings is 1. The smallest absolute Gasteiger partial charge is 0.315 e. The molecule has 0 aromatic heterocycles. The third kappa shape index (κ3) is 3.33. The fourth-order valence-electron chi connectivity index (χ4n) is 1.98. The number of hydrogen-bond donors (Lipinski definition) is 1. The summed E-state index contributed by atoms with van der Waals surface area (Å²) in [6, 6.07) is 2.44. The topological polar surface area (TPSA) is 110 Å². The second-order valence-electron chi connectivity index (χ2n) is 4.55. The van der Waals surface area contributed by atoms with Gasteiger partial charge in [0.2, 0.25) is 5.75 Å². The molecule has 0 atom stereocenters. The Morgan fingerprint density at radius 3 is 2.79 bits per heavy atom. The van der Waals surface area contributed by atoms with E-state index in [1.807, 2.05) is 0 Å². The van der Waals surface area contributed by atoms with E-state index in [0.717, 1.165) is 11.0 Å². The van der Waals surface area contributed by atoms with Crippen molar-refractivity contribution >= 4 is 34.7 Å². The summed E-state index contributed by atoms with van der Waals surface area (Å²) in [7, 11) is 0. The monoisotopic (exact) mass is 348 g/mol. The molecule has 1 heterocycles. The zero-order valence-corrected chi connectivity index (χ0v) is 13.3. The zero-order chi connectivity index (χ0) is 17.9. The molecule has 1 fully saturated rings. The number of rotatable bonds is 5. The Balaban J connectivity index is 2.46. The van der Waals surface area contributed by atoms with Crippen molar-refractivity contribution in [2.24, 2.45) is 0 Å². The SMILES string of the molecule is C#CCN1C(=O)S/C(=C/c2cc(OCC)c(O)c([N+](=O)[O-])c2)C1=O. The van der Waals surface area contributed by atoms with Gasteiger partial charge >= 0.3 is 5.69 Å². The first-order valence-electron chi connectivity index (χ1n) is 6.72. The molecule has 0 aliphatic carbocycles. The minimum Gasteiger partial charge on any atom is -0.500 e. The Morgan fingerprint density at radius 1 is 1.50 bits per heavy atom. The van der Waals surface area contributed by atoms with E-state index >= 15 is 0 Å². The highest BCUT2D eigenvalue weighted by Crippen LogP contribution is 2.39. The van der Waals surface area contributed by atoms with Crippen molar-refractivity contribution in [3.63, 3.8) is 0 Å². The maximum absolute atomic E-state index is 12.1. The Kier molecular flexibility index (Phi) is 5.11. The van der Waals surface area contributed by atoms with Gasteiger partial charge in [0, 0.05) is 6.07 Å². The van der Waals surface area contributed by atoms with E-state index in [1.165, 1.54) is 12.1 Å². The van der Waals surface area contributed by atoms with Gasteiger partial charge < -0.3 is 9.84 Å². The number of terminal acetylenes is 1. The third-order valence-electron chi connectivity index (χ3n) is 2.99. The van der Waals surface area contributed by atoms with Gasteiger partial charge in [-0.3, -0.25) is 24.6 Å². The number of phenolic OH excluding ortho intramolecular Hbond substituents is 1. The van der Waals surface area contributed by atoms with Crippen molar-refractivity contribution in [2.45, 2.75) is 6.92 Å². The van der Waals surface area contributed by atoms with Gasteiger partial charge in [-0.25, -0.2) is 0 Å². The summed E-state index contributed by atoms with van der Waals surface area (Å²) < 4.78 is 5.16. The molecule has 1 N–H and O–H groups in total. The number of amides is 2. The summed E-state index contributed by atoms with van der Waals surface area (Å²) >= 11 is 0.684. The molecule has 1 aromatic rings. The van der Waals surface area contributed by atoms with Crippen LogP contribution in [0, 0.1) is 22.5 Å². The fraction of sp³-hybridized carbons (Fsp3) is 0.200. The highest BCUT2D eigenvalue weighted by molar-refractivity contribution is 8.18. The molecule has 0 radical (unpaired) electrons. The van der Waals surface area contributed by atoms with Crippen LogP contribution < -0.4 is 4.74 Å².